The van der Waals surface area contributed by atoms with Crippen LogP contribution in [0.2, 0.25) is 0 Å². The number of aromatic amines is 1. The van der Waals surface area contributed by atoms with Crippen molar-refractivity contribution in [2.75, 3.05) is 5.32 Å². The van der Waals surface area contributed by atoms with E-state index in [9.17, 15) is 18.0 Å². The highest BCUT2D eigenvalue weighted by molar-refractivity contribution is 5.84. The molecular weight excluding hydrogens is 421 g/mol. The maximum Gasteiger partial charge on any atom is 0.266 e. The first kappa shape index (κ1) is 19.7. The molecule has 2 aromatic carbocycles. The maximum absolute atomic E-state index is 14.7. The van der Waals surface area contributed by atoms with Crippen LogP contribution in [0.4, 0.5) is 19.0 Å². The van der Waals surface area contributed by atoms with Crippen LogP contribution in [0.15, 0.2) is 59.9 Å². The first-order valence-electron chi connectivity index (χ1n) is 9.64. The SMILES string of the molecule is C[C@H](Nc1ncnc2[nH]cnc12)c1cc2cccc(F)c2c(=O)n1-c1ccc(F)cc1F. The number of fused-ring (bicyclic) bond motifs is 2. The second-order valence-corrected chi connectivity index (χ2v) is 7.20. The normalized spacial score (nSPS) is 12.4. The molecule has 2 N–H and O–H groups in total. The lowest BCUT2D eigenvalue weighted by molar-refractivity contribution is 0.573. The van der Waals surface area contributed by atoms with Crippen LogP contribution in [0, 0.1) is 17.5 Å². The first-order valence-corrected chi connectivity index (χ1v) is 9.64. The van der Waals surface area contributed by atoms with Crippen molar-refractivity contribution in [3.8, 4) is 5.69 Å². The minimum absolute atomic E-state index is 0.191. The summed E-state index contributed by atoms with van der Waals surface area (Å²) in [4.78, 5) is 28.7. The van der Waals surface area contributed by atoms with Gasteiger partial charge in [-0.1, -0.05) is 12.1 Å². The number of hydrogen-bond donors (Lipinski definition) is 2. The van der Waals surface area contributed by atoms with Gasteiger partial charge >= 0.3 is 0 Å². The monoisotopic (exact) mass is 436 g/mol. The van der Waals surface area contributed by atoms with Crippen LogP contribution in [0.1, 0.15) is 18.7 Å². The Morgan fingerprint density at radius 3 is 2.69 bits per heavy atom. The third-order valence-electron chi connectivity index (χ3n) is 5.19. The van der Waals surface area contributed by atoms with Crippen molar-refractivity contribution in [3.05, 3.63) is 88.6 Å². The van der Waals surface area contributed by atoms with Crippen LogP contribution in [-0.4, -0.2) is 24.5 Å². The summed E-state index contributed by atoms with van der Waals surface area (Å²) in [6.45, 7) is 1.73. The van der Waals surface area contributed by atoms with E-state index in [0.29, 0.717) is 34.1 Å². The third-order valence-corrected chi connectivity index (χ3v) is 5.19. The summed E-state index contributed by atoms with van der Waals surface area (Å²) in [5.41, 5.74) is 0.353. The molecule has 0 unspecified atom stereocenters. The molecule has 0 saturated heterocycles. The molecule has 0 fully saturated rings. The number of nitrogens with zero attached hydrogens (tertiary/aromatic N) is 4. The Kier molecular flexibility index (Phi) is 4.62. The number of pyridine rings is 1. The average molecular weight is 436 g/mol. The largest absolute Gasteiger partial charge is 0.360 e. The smallest absolute Gasteiger partial charge is 0.266 e. The molecule has 32 heavy (non-hydrogen) atoms. The van der Waals surface area contributed by atoms with Crippen molar-refractivity contribution in [3.63, 3.8) is 0 Å². The van der Waals surface area contributed by atoms with E-state index in [-0.39, 0.29) is 11.1 Å². The van der Waals surface area contributed by atoms with Gasteiger partial charge in [-0.3, -0.25) is 9.36 Å². The third kappa shape index (κ3) is 3.16. The lowest BCUT2D eigenvalue weighted by Crippen LogP contribution is -2.27. The topological polar surface area (TPSA) is 88.5 Å². The number of anilines is 1. The van der Waals surface area contributed by atoms with E-state index in [1.807, 2.05) is 0 Å². The summed E-state index contributed by atoms with van der Waals surface area (Å²) in [5.74, 6) is -2.08. The zero-order valence-corrected chi connectivity index (χ0v) is 16.6. The Bertz CT molecular complexity index is 1540. The van der Waals surface area contributed by atoms with Crippen molar-refractivity contribution in [1.82, 2.24) is 24.5 Å². The molecule has 5 aromatic rings. The standard InChI is InChI=1S/C22H15F3N6O/c1-11(30-21-19-20(27-9-26-19)28-10-29-21)17-7-12-3-2-4-14(24)18(12)22(32)31(17)16-6-5-13(23)8-15(16)25/h2-11H,1H3,(H2,26,27,28,29,30)/t11-/m0/s1. The van der Waals surface area contributed by atoms with Crippen LogP contribution in [0.3, 0.4) is 0 Å². The van der Waals surface area contributed by atoms with Gasteiger partial charge in [-0.25, -0.2) is 28.1 Å². The molecular formula is C22H15F3N6O. The minimum atomic E-state index is -0.951. The van der Waals surface area contributed by atoms with Crippen molar-refractivity contribution in [2.24, 2.45) is 0 Å². The number of rotatable bonds is 4. The van der Waals surface area contributed by atoms with E-state index >= 15 is 0 Å². The number of nitrogens with one attached hydrogen (secondary N) is 2. The number of benzene rings is 2. The highest BCUT2D eigenvalue weighted by Gasteiger charge is 2.21. The zero-order chi connectivity index (χ0) is 22.4. The molecule has 0 amide bonds. The summed E-state index contributed by atoms with van der Waals surface area (Å²) in [5, 5.41) is 3.31. The predicted octanol–water partition coefficient (Wildman–Crippen LogP) is 4.25. The Hall–Kier alpha value is -4.21. The summed E-state index contributed by atoms with van der Waals surface area (Å²) in [7, 11) is 0. The van der Waals surface area contributed by atoms with E-state index in [1.165, 1.54) is 18.7 Å². The number of hydrogen-bond acceptors (Lipinski definition) is 5. The van der Waals surface area contributed by atoms with Gasteiger partial charge < -0.3 is 10.3 Å². The maximum atomic E-state index is 14.7. The van der Waals surface area contributed by atoms with Gasteiger partial charge in [0.1, 0.15) is 29.3 Å². The van der Waals surface area contributed by atoms with Gasteiger partial charge in [-0.05, 0) is 36.6 Å². The average Bonchev–Trinajstić information content (AvgIpc) is 3.24. The predicted molar refractivity (Wildman–Crippen MR) is 113 cm³/mol. The van der Waals surface area contributed by atoms with Crippen LogP contribution in [0.5, 0.6) is 0 Å². The molecule has 10 heteroatoms. The van der Waals surface area contributed by atoms with Gasteiger partial charge in [0, 0.05) is 11.8 Å². The quantitative estimate of drug-likeness (QED) is 0.440. The fourth-order valence-electron chi connectivity index (χ4n) is 3.72. The molecule has 0 spiro atoms. The van der Waals surface area contributed by atoms with Gasteiger partial charge in [0.25, 0.3) is 5.56 Å². The van der Waals surface area contributed by atoms with Crippen molar-refractivity contribution < 1.29 is 13.2 Å². The van der Waals surface area contributed by atoms with Gasteiger partial charge in [0.15, 0.2) is 11.5 Å². The molecule has 5 rings (SSSR count). The highest BCUT2D eigenvalue weighted by Crippen LogP contribution is 2.27. The Labute approximate surface area is 178 Å². The van der Waals surface area contributed by atoms with E-state index in [0.717, 1.165) is 22.8 Å². The molecule has 0 saturated carbocycles. The van der Waals surface area contributed by atoms with Crippen LogP contribution < -0.4 is 10.9 Å². The molecule has 0 aliphatic heterocycles. The molecule has 0 aliphatic carbocycles. The summed E-state index contributed by atoms with van der Waals surface area (Å²) < 4.78 is 43.8. The van der Waals surface area contributed by atoms with E-state index in [4.69, 9.17) is 0 Å². The van der Waals surface area contributed by atoms with Crippen LogP contribution in [-0.2, 0) is 0 Å². The fourth-order valence-corrected chi connectivity index (χ4v) is 3.72. The Morgan fingerprint density at radius 1 is 1.03 bits per heavy atom. The van der Waals surface area contributed by atoms with Crippen LogP contribution in [0.25, 0.3) is 27.6 Å². The molecule has 0 aliphatic rings. The van der Waals surface area contributed by atoms with Gasteiger partial charge in [0.05, 0.1) is 23.4 Å². The second-order valence-electron chi connectivity index (χ2n) is 7.20. The molecule has 7 nitrogen and oxygen atoms in total. The van der Waals surface area contributed by atoms with Gasteiger partial charge in [-0.15, -0.1) is 0 Å². The van der Waals surface area contributed by atoms with E-state index in [1.54, 1.807) is 19.1 Å². The summed E-state index contributed by atoms with van der Waals surface area (Å²) in [6.07, 6.45) is 2.82. The van der Waals surface area contributed by atoms with Crippen LogP contribution >= 0.6 is 0 Å². The van der Waals surface area contributed by atoms with Gasteiger partial charge in [-0.2, -0.15) is 0 Å². The second kappa shape index (κ2) is 7.49. The Morgan fingerprint density at radius 2 is 1.88 bits per heavy atom. The molecule has 0 bridgehead atoms. The van der Waals surface area contributed by atoms with Crippen molar-refractivity contribution in [2.45, 2.75) is 13.0 Å². The number of H-pyrrole nitrogens is 1. The summed E-state index contributed by atoms with van der Waals surface area (Å²) >= 11 is 0. The van der Waals surface area contributed by atoms with E-state index in [2.05, 4.69) is 25.3 Å². The minimum Gasteiger partial charge on any atom is -0.360 e. The Balaban J connectivity index is 1.74. The zero-order valence-electron chi connectivity index (χ0n) is 16.6. The molecule has 3 heterocycles. The lowest BCUT2D eigenvalue weighted by atomic mass is 10.1. The highest BCUT2D eigenvalue weighted by atomic mass is 19.1. The first-order chi connectivity index (χ1) is 15.4. The number of aromatic nitrogens is 5. The van der Waals surface area contributed by atoms with Crippen molar-refractivity contribution >= 4 is 27.8 Å². The lowest BCUT2D eigenvalue weighted by Gasteiger charge is -2.21. The number of imidazole rings is 1. The van der Waals surface area contributed by atoms with Gasteiger partial charge in [0.2, 0.25) is 0 Å². The molecule has 1 atom stereocenters. The van der Waals surface area contributed by atoms with E-state index < -0.39 is 29.1 Å². The molecule has 160 valence electrons. The van der Waals surface area contributed by atoms with Crippen molar-refractivity contribution in [1.29, 1.82) is 0 Å². The molecule has 0 radical (unpaired) electrons. The number of halogens is 3. The fraction of sp³-hybridized carbons (Fsp3) is 0.0909. The summed E-state index contributed by atoms with van der Waals surface area (Å²) in [6, 6.07) is 8.08. The molecule has 3 aromatic heterocycles.